The van der Waals surface area contributed by atoms with Gasteiger partial charge in [-0.1, -0.05) is 19.9 Å². The lowest BCUT2D eigenvalue weighted by Crippen LogP contribution is -2.31. The van der Waals surface area contributed by atoms with Crippen LogP contribution in [0.1, 0.15) is 45.2 Å². The Hall–Kier alpha value is -1.91. The minimum absolute atomic E-state index is 0.0261. The van der Waals surface area contributed by atoms with Crippen molar-refractivity contribution in [2.24, 2.45) is 5.41 Å². The molecule has 2 N–H and O–H groups in total. The Morgan fingerprint density at radius 1 is 1.42 bits per heavy atom. The standard InChI is InChI=1S/C14H20N2O3/c1-10(11-5-4-6-15-9-11)16-12(17)7-14(2,3)8-13(18)19/h4-6,9-10H,7-8H2,1-3H3,(H,16,17)(H,18,19)/t10-/m0/s1. The SMILES string of the molecule is C[C@H](NC(=O)CC(C)(C)CC(=O)O)c1cccnc1. The van der Waals surface area contributed by atoms with Crippen molar-refractivity contribution in [3.8, 4) is 0 Å². The van der Waals surface area contributed by atoms with Gasteiger partial charge in [-0.3, -0.25) is 14.6 Å². The molecule has 1 rings (SSSR count). The maximum atomic E-state index is 11.9. The third-order valence-corrected chi connectivity index (χ3v) is 2.83. The van der Waals surface area contributed by atoms with Crippen LogP contribution in [0.4, 0.5) is 0 Å². The summed E-state index contributed by atoms with van der Waals surface area (Å²) in [6.07, 6.45) is 3.53. The highest BCUT2D eigenvalue weighted by atomic mass is 16.4. The van der Waals surface area contributed by atoms with Crippen LogP contribution in [0.5, 0.6) is 0 Å². The molecule has 1 heterocycles. The molecule has 1 atom stereocenters. The molecular weight excluding hydrogens is 244 g/mol. The number of carbonyl (C=O) groups excluding carboxylic acids is 1. The zero-order chi connectivity index (χ0) is 14.5. The maximum absolute atomic E-state index is 11.9. The number of aliphatic carboxylic acids is 1. The Labute approximate surface area is 113 Å². The van der Waals surface area contributed by atoms with Crippen molar-refractivity contribution >= 4 is 11.9 Å². The fraction of sp³-hybridized carbons (Fsp3) is 0.500. The number of hydrogen-bond donors (Lipinski definition) is 2. The predicted molar refractivity (Wildman–Crippen MR) is 71.4 cm³/mol. The van der Waals surface area contributed by atoms with Crippen molar-refractivity contribution < 1.29 is 14.7 Å². The summed E-state index contributed by atoms with van der Waals surface area (Å²) in [6.45, 7) is 5.42. The molecule has 0 saturated heterocycles. The summed E-state index contributed by atoms with van der Waals surface area (Å²) >= 11 is 0. The van der Waals surface area contributed by atoms with E-state index in [1.54, 1.807) is 26.2 Å². The highest BCUT2D eigenvalue weighted by Gasteiger charge is 2.25. The molecule has 0 saturated carbocycles. The molecule has 5 heteroatoms. The van der Waals surface area contributed by atoms with Crippen LogP contribution in [0.2, 0.25) is 0 Å². The van der Waals surface area contributed by atoms with Crippen molar-refractivity contribution in [1.29, 1.82) is 0 Å². The van der Waals surface area contributed by atoms with Gasteiger partial charge >= 0.3 is 5.97 Å². The molecule has 0 aliphatic rings. The van der Waals surface area contributed by atoms with Crippen LogP contribution in [0.25, 0.3) is 0 Å². The number of carboxylic acids is 1. The number of aromatic nitrogens is 1. The molecule has 104 valence electrons. The predicted octanol–water partition coefficient (Wildman–Crippen LogP) is 2.15. The fourth-order valence-corrected chi connectivity index (χ4v) is 1.91. The zero-order valence-corrected chi connectivity index (χ0v) is 11.5. The van der Waals surface area contributed by atoms with Gasteiger partial charge in [-0.25, -0.2) is 0 Å². The molecule has 0 aliphatic carbocycles. The van der Waals surface area contributed by atoms with E-state index < -0.39 is 11.4 Å². The Morgan fingerprint density at radius 2 is 2.11 bits per heavy atom. The van der Waals surface area contributed by atoms with Gasteiger partial charge in [0.2, 0.25) is 5.91 Å². The van der Waals surface area contributed by atoms with E-state index in [4.69, 9.17) is 5.11 Å². The molecule has 0 bridgehead atoms. The summed E-state index contributed by atoms with van der Waals surface area (Å²) < 4.78 is 0. The summed E-state index contributed by atoms with van der Waals surface area (Å²) in [7, 11) is 0. The van der Waals surface area contributed by atoms with E-state index >= 15 is 0 Å². The van der Waals surface area contributed by atoms with E-state index in [1.807, 2.05) is 19.1 Å². The monoisotopic (exact) mass is 264 g/mol. The summed E-state index contributed by atoms with van der Waals surface area (Å²) in [5, 5.41) is 11.6. The number of pyridine rings is 1. The van der Waals surface area contributed by atoms with Crippen molar-refractivity contribution in [3.05, 3.63) is 30.1 Å². The molecule has 0 radical (unpaired) electrons. The molecule has 0 unspecified atom stereocenters. The average molecular weight is 264 g/mol. The van der Waals surface area contributed by atoms with E-state index in [9.17, 15) is 9.59 Å². The fourth-order valence-electron chi connectivity index (χ4n) is 1.91. The Morgan fingerprint density at radius 3 is 2.63 bits per heavy atom. The van der Waals surface area contributed by atoms with Gasteiger partial charge in [0.1, 0.15) is 0 Å². The highest BCUT2D eigenvalue weighted by Crippen LogP contribution is 2.25. The second-order valence-electron chi connectivity index (χ2n) is 5.49. The van der Waals surface area contributed by atoms with Crippen molar-refractivity contribution in [2.75, 3.05) is 0 Å². The van der Waals surface area contributed by atoms with Crippen molar-refractivity contribution in [1.82, 2.24) is 10.3 Å². The first-order valence-corrected chi connectivity index (χ1v) is 6.21. The highest BCUT2D eigenvalue weighted by molar-refractivity contribution is 5.78. The van der Waals surface area contributed by atoms with Gasteiger partial charge < -0.3 is 10.4 Å². The minimum Gasteiger partial charge on any atom is -0.481 e. The summed E-state index contributed by atoms with van der Waals surface area (Å²) in [5.74, 6) is -1.04. The first-order valence-electron chi connectivity index (χ1n) is 6.21. The molecule has 1 amide bonds. The third-order valence-electron chi connectivity index (χ3n) is 2.83. The number of carbonyl (C=O) groups is 2. The zero-order valence-electron chi connectivity index (χ0n) is 11.5. The van der Waals surface area contributed by atoms with Crippen LogP contribution < -0.4 is 5.32 Å². The summed E-state index contributed by atoms with van der Waals surface area (Å²) in [4.78, 5) is 26.6. The molecule has 0 spiro atoms. The van der Waals surface area contributed by atoms with Gasteiger partial charge in [-0.15, -0.1) is 0 Å². The number of hydrogen-bond acceptors (Lipinski definition) is 3. The van der Waals surface area contributed by atoms with E-state index in [-0.39, 0.29) is 24.8 Å². The number of amides is 1. The Balaban J connectivity index is 2.54. The Kier molecular flexibility index (Phi) is 5.03. The van der Waals surface area contributed by atoms with Crippen molar-refractivity contribution in [3.63, 3.8) is 0 Å². The van der Waals surface area contributed by atoms with Gasteiger partial charge in [-0.05, 0) is 24.0 Å². The van der Waals surface area contributed by atoms with E-state index in [2.05, 4.69) is 10.3 Å². The van der Waals surface area contributed by atoms with E-state index in [1.165, 1.54) is 0 Å². The van der Waals surface area contributed by atoms with Crippen molar-refractivity contribution in [2.45, 2.75) is 39.7 Å². The Bertz CT molecular complexity index is 443. The first kappa shape index (κ1) is 15.1. The van der Waals surface area contributed by atoms with Crippen LogP contribution in [0.3, 0.4) is 0 Å². The lowest BCUT2D eigenvalue weighted by atomic mass is 9.85. The lowest BCUT2D eigenvalue weighted by Gasteiger charge is -2.23. The maximum Gasteiger partial charge on any atom is 0.303 e. The largest absolute Gasteiger partial charge is 0.481 e. The lowest BCUT2D eigenvalue weighted by molar-refractivity contribution is -0.139. The van der Waals surface area contributed by atoms with Crippen LogP contribution in [-0.2, 0) is 9.59 Å². The van der Waals surface area contributed by atoms with Gasteiger partial charge in [0.05, 0.1) is 12.5 Å². The smallest absolute Gasteiger partial charge is 0.303 e. The molecule has 0 aromatic carbocycles. The average Bonchev–Trinajstić information content (AvgIpc) is 2.27. The number of nitrogens with one attached hydrogen (secondary N) is 1. The molecule has 5 nitrogen and oxygen atoms in total. The quantitative estimate of drug-likeness (QED) is 0.825. The molecule has 19 heavy (non-hydrogen) atoms. The van der Waals surface area contributed by atoms with Gasteiger partial charge in [-0.2, -0.15) is 0 Å². The molecule has 1 aromatic heterocycles. The minimum atomic E-state index is -0.891. The summed E-state index contributed by atoms with van der Waals surface area (Å²) in [6, 6.07) is 3.56. The normalized spacial score (nSPS) is 12.8. The van der Waals surface area contributed by atoms with E-state index in [0.717, 1.165) is 5.56 Å². The van der Waals surface area contributed by atoms with Gasteiger partial charge in [0, 0.05) is 18.8 Å². The van der Waals surface area contributed by atoms with Gasteiger partial charge in [0.15, 0.2) is 0 Å². The summed E-state index contributed by atoms with van der Waals surface area (Å²) in [5.41, 5.74) is 0.372. The van der Waals surface area contributed by atoms with Crippen LogP contribution in [0, 0.1) is 5.41 Å². The second kappa shape index (κ2) is 6.31. The second-order valence-corrected chi connectivity index (χ2v) is 5.49. The third kappa shape index (κ3) is 5.50. The van der Waals surface area contributed by atoms with E-state index in [0.29, 0.717) is 0 Å². The van der Waals surface area contributed by atoms with Crippen LogP contribution in [-0.4, -0.2) is 22.0 Å². The van der Waals surface area contributed by atoms with Crippen LogP contribution >= 0.6 is 0 Å². The van der Waals surface area contributed by atoms with Crippen LogP contribution in [0.15, 0.2) is 24.5 Å². The molecule has 1 aromatic rings. The molecule has 0 aliphatic heterocycles. The molecule has 0 fully saturated rings. The number of rotatable bonds is 6. The number of nitrogens with zero attached hydrogens (tertiary/aromatic N) is 1. The topological polar surface area (TPSA) is 79.3 Å². The first-order chi connectivity index (χ1) is 8.80. The molecular formula is C14H20N2O3. The van der Waals surface area contributed by atoms with Gasteiger partial charge in [0.25, 0.3) is 0 Å². The number of carboxylic acid groups (broad SMARTS) is 1.